The second-order valence-electron chi connectivity index (χ2n) is 3.42. The van der Waals surface area contributed by atoms with E-state index < -0.39 is 0 Å². The van der Waals surface area contributed by atoms with Gasteiger partial charge in [0.25, 0.3) is 0 Å². The fourth-order valence-electron chi connectivity index (χ4n) is 1.52. The zero-order valence-corrected chi connectivity index (χ0v) is 9.46. The highest BCUT2D eigenvalue weighted by Gasteiger charge is 2.13. The Balaban J connectivity index is 1.92. The molecule has 14 heavy (non-hydrogen) atoms. The molecular weight excluding hydrogens is 244 g/mol. The van der Waals surface area contributed by atoms with Crippen LogP contribution in [0.2, 0.25) is 0 Å². The van der Waals surface area contributed by atoms with Crippen LogP contribution in [-0.2, 0) is 4.74 Å². The van der Waals surface area contributed by atoms with Gasteiger partial charge in [-0.05, 0) is 40.9 Å². The molecule has 4 heteroatoms. The molecule has 2 rings (SSSR count). The van der Waals surface area contributed by atoms with Crippen LogP contribution in [0.15, 0.2) is 22.8 Å². The smallest absolute Gasteiger partial charge is 0.126 e. The molecule has 3 nitrogen and oxygen atoms in total. The van der Waals surface area contributed by atoms with Crippen LogP contribution < -0.4 is 5.32 Å². The van der Waals surface area contributed by atoms with Crippen molar-refractivity contribution in [2.75, 3.05) is 18.5 Å². The molecule has 0 aliphatic carbocycles. The lowest BCUT2D eigenvalue weighted by atomic mass is 10.1. The highest BCUT2D eigenvalue weighted by molar-refractivity contribution is 9.10. The maximum absolute atomic E-state index is 5.38. The van der Waals surface area contributed by atoms with Crippen LogP contribution in [0.4, 0.5) is 5.82 Å². The molecule has 1 aromatic heterocycles. The zero-order valence-electron chi connectivity index (χ0n) is 7.87. The van der Waals surface area contributed by atoms with Crippen molar-refractivity contribution >= 4 is 21.7 Å². The van der Waals surface area contributed by atoms with Crippen molar-refractivity contribution in [3.05, 3.63) is 22.8 Å². The SMILES string of the molecule is Brc1ccc(NC2CCCOC2)nc1. The van der Waals surface area contributed by atoms with Crippen LogP contribution in [-0.4, -0.2) is 24.2 Å². The van der Waals surface area contributed by atoms with Gasteiger partial charge in [0.2, 0.25) is 0 Å². The summed E-state index contributed by atoms with van der Waals surface area (Å²) in [4.78, 5) is 4.26. The highest BCUT2D eigenvalue weighted by atomic mass is 79.9. The molecule has 0 amide bonds. The molecular formula is C10H13BrN2O. The van der Waals surface area contributed by atoms with Crippen molar-refractivity contribution in [2.45, 2.75) is 18.9 Å². The lowest BCUT2D eigenvalue weighted by Gasteiger charge is -2.23. The predicted molar refractivity (Wildman–Crippen MR) is 59.4 cm³/mol. The third kappa shape index (κ3) is 2.69. The Bertz CT molecular complexity index is 283. The lowest BCUT2D eigenvalue weighted by Crippen LogP contribution is -2.30. The molecule has 1 fully saturated rings. The number of nitrogens with zero attached hydrogens (tertiary/aromatic N) is 1. The van der Waals surface area contributed by atoms with E-state index in [0.29, 0.717) is 6.04 Å². The first-order chi connectivity index (χ1) is 6.84. The van der Waals surface area contributed by atoms with Crippen LogP contribution in [0, 0.1) is 0 Å². The number of aromatic nitrogens is 1. The number of pyridine rings is 1. The summed E-state index contributed by atoms with van der Waals surface area (Å²) in [5.74, 6) is 0.920. The summed E-state index contributed by atoms with van der Waals surface area (Å²) in [5.41, 5.74) is 0. The predicted octanol–water partition coefficient (Wildman–Crippen LogP) is 2.44. The lowest BCUT2D eigenvalue weighted by molar-refractivity contribution is 0.0875. The van der Waals surface area contributed by atoms with Crippen molar-refractivity contribution in [1.29, 1.82) is 0 Å². The van der Waals surface area contributed by atoms with Crippen molar-refractivity contribution < 1.29 is 4.74 Å². The summed E-state index contributed by atoms with van der Waals surface area (Å²) in [6, 6.07) is 4.37. The third-order valence-corrected chi connectivity index (χ3v) is 2.71. The van der Waals surface area contributed by atoms with E-state index in [-0.39, 0.29) is 0 Å². The summed E-state index contributed by atoms with van der Waals surface area (Å²) in [6.07, 6.45) is 4.10. The van der Waals surface area contributed by atoms with Gasteiger partial charge in [0.05, 0.1) is 12.6 Å². The fraction of sp³-hybridized carbons (Fsp3) is 0.500. The molecule has 0 aromatic carbocycles. The zero-order chi connectivity index (χ0) is 9.80. The van der Waals surface area contributed by atoms with E-state index in [1.807, 2.05) is 12.1 Å². The third-order valence-electron chi connectivity index (χ3n) is 2.24. The molecule has 1 aromatic rings. The Hall–Kier alpha value is -0.610. The molecule has 0 bridgehead atoms. The Labute approximate surface area is 92.0 Å². The first kappa shape index (κ1) is 9.93. The Morgan fingerprint density at radius 1 is 1.50 bits per heavy atom. The average molecular weight is 257 g/mol. The number of anilines is 1. The van der Waals surface area contributed by atoms with Gasteiger partial charge in [-0.25, -0.2) is 4.98 Å². The van der Waals surface area contributed by atoms with Gasteiger partial charge < -0.3 is 10.1 Å². The molecule has 2 heterocycles. The summed E-state index contributed by atoms with van der Waals surface area (Å²) >= 11 is 3.36. The van der Waals surface area contributed by atoms with Gasteiger partial charge in [-0.3, -0.25) is 0 Å². The van der Waals surface area contributed by atoms with Gasteiger partial charge in [0.15, 0.2) is 0 Å². The second kappa shape index (κ2) is 4.75. The molecule has 1 aliphatic rings. The van der Waals surface area contributed by atoms with Crippen LogP contribution in [0.1, 0.15) is 12.8 Å². The average Bonchev–Trinajstić information content (AvgIpc) is 2.23. The number of nitrogens with one attached hydrogen (secondary N) is 1. The van der Waals surface area contributed by atoms with Crippen molar-refractivity contribution in [3.63, 3.8) is 0 Å². The monoisotopic (exact) mass is 256 g/mol. The molecule has 1 aliphatic heterocycles. The normalized spacial score (nSPS) is 21.9. The van der Waals surface area contributed by atoms with Gasteiger partial charge in [-0.1, -0.05) is 0 Å². The number of hydrogen-bond donors (Lipinski definition) is 1. The second-order valence-corrected chi connectivity index (χ2v) is 4.34. The van der Waals surface area contributed by atoms with Crippen molar-refractivity contribution in [1.82, 2.24) is 4.98 Å². The van der Waals surface area contributed by atoms with E-state index >= 15 is 0 Å². The highest BCUT2D eigenvalue weighted by Crippen LogP contribution is 2.14. The van der Waals surface area contributed by atoms with Gasteiger partial charge in [-0.15, -0.1) is 0 Å². The minimum atomic E-state index is 0.414. The minimum Gasteiger partial charge on any atom is -0.379 e. The van der Waals surface area contributed by atoms with Crippen molar-refractivity contribution in [2.24, 2.45) is 0 Å². The Morgan fingerprint density at radius 3 is 3.07 bits per heavy atom. The molecule has 76 valence electrons. The first-order valence-electron chi connectivity index (χ1n) is 4.80. The van der Waals surface area contributed by atoms with E-state index in [1.165, 1.54) is 0 Å². The van der Waals surface area contributed by atoms with Gasteiger partial charge in [0.1, 0.15) is 5.82 Å². The summed E-state index contributed by atoms with van der Waals surface area (Å²) in [6.45, 7) is 1.68. The van der Waals surface area contributed by atoms with Crippen LogP contribution in [0.3, 0.4) is 0 Å². The molecule has 1 atom stereocenters. The van der Waals surface area contributed by atoms with E-state index in [4.69, 9.17) is 4.74 Å². The number of hydrogen-bond acceptors (Lipinski definition) is 3. The van der Waals surface area contributed by atoms with E-state index in [2.05, 4.69) is 26.2 Å². The Morgan fingerprint density at radius 2 is 2.43 bits per heavy atom. The first-order valence-corrected chi connectivity index (χ1v) is 5.60. The molecule has 0 radical (unpaired) electrons. The van der Waals surface area contributed by atoms with Crippen molar-refractivity contribution in [3.8, 4) is 0 Å². The molecule has 1 unspecified atom stereocenters. The number of rotatable bonds is 2. The largest absolute Gasteiger partial charge is 0.379 e. The van der Waals surface area contributed by atoms with Crippen LogP contribution >= 0.6 is 15.9 Å². The number of halogens is 1. The maximum Gasteiger partial charge on any atom is 0.126 e. The summed E-state index contributed by atoms with van der Waals surface area (Å²) in [5, 5.41) is 3.35. The molecule has 1 N–H and O–H groups in total. The molecule has 0 spiro atoms. The maximum atomic E-state index is 5.38. The van der Waals surface area contributed by atoms with E-state index in [1.54, 1.807) is 6.20 Å². The minimum absolute atomic E-state index is 0.414. The standard InChI is InChI=1S/C10H13BrN2O/c11-8-3-4-10(12-6-8)13-9-2-1-5-14-7-9/h3-4,6,9H,1-2,5,7H2,(H,12,13). The summed E-state index contributed by atoms with van der Waals surface area (Å²) < 4.78 is 6.38. The number of ether oxygens (including phenoxy) is 1. The molecule has 0 saturated carbocycles. The van der Waals surface area contributed by atoms with Gasteiger partial charge >= 0.3 is 0 Å². The molecule has 1 saturated heterocycles. The quantitative estimate of drug-likeness (QED) is 0.883. The summed E-state index contributed by atoms with van der Waals surface area (Å²) in [7, 11) is 0. The van der Waals surface area contributed by atoms with Crippen LogP contribution in [0.25, 0.3) is 0 Å². The van der Waals surface area contributed by atoms with Gasteiger partial charge in [0, 0.05) is 17.3 Å². The van der Waals surface area contributed by atoms with Gasteiger partial charge in [-0.2, -0.15) is 0 Å². The van der Waals surface area contributed by atoms with E-state index in [0.717, 1.165) is 36.3 Å². The Kier molecular flexibility index (Phi) is 3.37. The van der Waals surface area contributed by atoms with Crippen LogP contribution in [0.5, 0.6) is 0 Å². The topological polar surface area (TPSA) is 34.1 Å². The van der Waals surface area contributed by atoms with E-state index in [9.17, 15) is 0 Å². The fourth-order valence-corrected chi connectivity index (χ4v) is 1.76.